The van der Waals surface area contributed by atoms with Crippen molar-refractivity contribution in [1.82, 2.24) is 9.88 Å². The van der Waals surface area contributed by atoms with E-state index in [0.717, 1.165) is 12.2 Å². The molecule has 0 amide bonds. The molecular formula is C12H18ClN3O. The van der Waals surface area contributed by atoms with Crippen molar-refractivity contribution in [1.29, 1.82) is 0 Å². The van der Waals surface area contributed by atoms with Gasteiger partial charge in [0.2, 0.25) is 0 Å². The van der Waals surface area contributed by atoms with E-state index in [1.165, 1.54) is 18.4 Å². The van der Waals surface area contributed by atoms with Crippen LogP contribution in [0, 0.1) is 0 Å². The number of nitrogens with one attached hydrogen (secondary N) is 1. The lowest BCUT2D eigenvalue weighted by Crippen LogP contribution is -2.18. The molecule has 1 N–H and O–H groups in total. The number of hydrogen-bond acceptors (Lipinski definition) is 4. The van der Waals surface area contributed by atoms with Crippen LogP contribution in [0.5, 0.6) is 0 Å². The van der Waals surface area contributed by atoms with E-state index in [4.69, 9.17) is 16.4 Å². The van der Waals surface area contributed by atoms with Crippen molar-refractivity contribution in [3.63, 3.8) is 0 Å². The highest BCUT2D eigenvalue weighted by molar-refractivity contribution is 6.29. The van der Waals surface area contributed by atoms with Gasteiger partial charge in [-0.2, -0.15) is 0 Å². The smallest absolute Gasteiger partial charge is 0.131 e. The first-order chi connectivity index (χ1) is 8.22. The quantitative estimate of drug-likeness (QED) is 0.824. The van der Waals surface area contributed by atoms with Crippen LogP contribution in [0.4, 0.5) is 5.69 Å². The summed E-state index contributed by atoms with van der Waals surface area (Å²) in [6, 6.07) is 2.38. The van der Waals surface area contributed by atoms with E-state index in [1.807, 2.05) is 26.1 Å². The van der Waals surface area contributed by atoms with Gasteiger partial charge in [-0.25, -0.2) is 4.98 Å². The summed E-state index contributed by atoms with van der Waals surface area (Å²) < 4.78 is 0. The van der Waals surface area contributed by atoms with Gasteiger partial charge in [0.25, 0.3) is 0 Å². The number of halogens is 1. The van der Waals surface area contributed by atoms with Crippen LogP contribution in [0.25, 0.3) is 0 Å². The van der Waals surface area contributed by atoms with Gasteiger partial charge in [0.15, 0.2) is 0 Å². The topological polar surface area (TPSA) is 45.2 Å². The first-order valence-electron chi connectivity index (χ1n) is 5.54. The van der Waals surface area contributed by atoms with Crippen LogP contribution in [0.15, 0.2) is 12.3 Å². The summed E-state index contributed by atoms with van der Waals surface area (Å²) in [5.74, 6) is 0. The molecule has 0 spiro atoms. The maximum absolute atomic E-state index is 8.00. The Bertz CT molecular complexity index is 373. The Morgan fingerprint density at radius 2 is 2.29 bits per heavy atom. The summed E-state index contributed by atoms with van der Waals surface area (Å²) in [5.41, 5.74) is 2.34. The molecule has 0 radical (unpaired) electrons. The molecule has 1 aliphatic heterocycles. The second-order valence-corrected chi connectivity index (χ2v) is 4.37. The molecule has 1 saturated heterocycles. The number of nitrogens with zero attached hydrogens (tertiary/aromatic N) is 2. The van der Waals surface area contributed by atoms with Gasteiger partial charge in [-0.05, 0) is 32.5 Å². The van der Waals surface area contributed by atoms with Crippen molar-refractivity contribution < 1.29 is 4.79 Å². The number of pyridine rings is 1. The molecule has 1 aliphatic rings. The fourth-order valence-corrected chi connectivity index (χ4v) is 2.38. The third-order valence-corrected chi connectivity index (χ3v) is 3.26. The molecular weight excluding hydrogens is 238 g/mol. The van der Waals surface area contributed by atoms with Crippen molar-refractivity contribution >= 4 is 24.1 Å². The molecule has 1 atom stereocenters. The van der Waals surface area contributed by atoms with Crippen molar-refractivity contribution in [3.05, 3.63) is 23.0 Å². The van der Waals surface area contributed by atoms with E-state index in [-0.39, 0.29) is 0 Å². The minimum absolute atomic E-state index is 0.484. The van der Waals surface area contributed by atoms with Gasteiger partial charge in [-0.1, -0.05) is 11.6 Å². The van der Waals surface area contributed by atoms with Crippen molar-refractivity contribution in [2.45, 2.75) is 18.9 Å². The maximum atomic E-state index is 8.00. The zero-order valence-corrected chi connectivity index (χ0v) is 11.0. The van der Waals surface area contributed by atoms with Crippen LogP contribution < -0.4 is 5.32 Å². The Morgan fingerprint density at radius 1 is 1.59 bits per heavy atom. The Labute approximate surface area is 107 Å². The monoisotopic (exact) mass is 255 g/mol. The zero-order valence-electron chi connectivity index (χ0n) is 10.2. The van der Waals surface area contributed by atoms with Crippen LogP contribution in [0.3, 0.4) is 0 Å². The molecule has 0 bridgehead atoms. The molecule has 2 heterocycles. The molecule has 1 unspecified atom stereocenters. The summed E-state index contributed by atoms with van der Waals surface area (Å²) in [4.78, 5) is 14.5. The SMILES string of the molecule is C=O.CNc1cc(Cl)ncc1C1CCCN1C. The first kappa shape index (κ1) is 13.9. The minimum atomic E-state index is 0.484. The number of hydrogen-bond donors (Lipinski definition) is 1. The molecule has 0 aliphatic carbocycles. The third kappa shape index (κ3) is 3.17. The largest absolute Gasteiger partial charge is 0.388 e. The van der Waals surface area contributed by atoms with E-state index < -0.39 is 0 Å². The van der Waals surface area contributed by atoms with E-state index >= 15 is 0 Å². The minimum Gasteiger partial charge on any atom is -0.388 e. The zero-order chi connectivity index (χ0) is 12.8. The van der Waals surface area contributed by atoms with Gasteiger partial charge < -0.3 is 10.1 Å². The van der Waals surface area contributed by atoms with Crippen LogP contribution in [-0.2, 0) is 4.79 Å². The van der Waals surface area contributed by atoms with Crippen molar-refractivity contribution in [3.8, 4) is 0 Å². The average molecular weight is 256 g/mol. The van der Waals surface area contributed by atoms with E-state index in [2.05, 4.69) is 22.2 Å². The third-order valence-electron chi connectivity index (χ3n) is 3.05. The molecule has 94 valence electrons. The number of carbonyl (C=O) groups excluding carboxylic acids is 1. The van der Waals surface area contributed by atoms with Crippen LogP contribution >= 0.6 is 11.6 Å². The van der Waals surface area contributed by atoms with Gasteiger partial charge in [0.1, 0.15) is 11.9 Å². The Hall–Kier alpha value is -1.13. The summed E-state index contributed by atoms with van der Waals surface area (Å²) in [6.07, 6.45) is 4.35. The van der Waals surface area contributed by atoms with Crippen LogP contribution in [0.1, 0.15) is 24.4 Å². The van der Waals surface area contributed by atoms with Gasteiger partial charge in [0.05, 0.1) is 0 Å². The molecule has 1 aromatic rings. The highest BCUT2D eigenvalue weighted by Gasteiger charge is 2.24. The predicted octanol–water partition coefficient (Wildman–Crippen LogP) is 2.36. The molecule has 1 fully saturated rings. The molecule has 0 aromatic carbocycles. The fourth-order valence-electron chi connectivity index (χ4n) is 2.23. The maximum Gasteiger partial charge on any atom is 0.131 e. The Kier molecular flexibility index (Phi) is 5.38. The van der Waals surface area contributed by atoms with Gasteiger partial charge in [-0.15, -0.1) is 0 Å². The number of rotatable bonds is 2. The lowest BCUT2D eigenvalue weighted by atomic mass is 10.1. The molecule has 2 rings (SSSR count). The van der Waals surface area contributed by atoms with E-state index in [9.17, 15) is 0 Å². The number of anilines is 1. The second-order valence-electron chi connectivity index (χ2n) is 3.98. The summed E-state index contributed by atoms with van der Waals surface area (Å²) >= 11 is 5.87. The second kappa shape index (κ2) is 6.57. The van der Waals surface area contributed by atoms with Crippen molar-refractivity contribution in [2.75, 3.05) is 26.0 Å². The average Bonchev–Trinajstić information content (AvgIpc) is 2.78. The summed E-state index contributed by atoms with van der Waals surface area (Å²) in [5, 5.41) is 3.73. The number of likely N-dealkylation sites (tertiary alicyclic amines) is 1. The van der Waals surface area contributed by atoms with Gasteiger partial charge in [0, 0.05) is 30.5 Å². The molecule has 0 saturated carbocycles. The highest BCUT2D eigenvalue weighted by Crippen LogP contribution is 2.34. The van der Waals surface area contributed by atoms with Gasteiger partial charge >= 0.3 is 0 Å². The molecule has 17 heavy (non-hydrogen) atoms. The molecule has 5 heteroatoms. The highest BCUT2D eigenvalue weighted by atomic mass is 35.5. The van der Waals surface area contributed by atoms with Crippen molar-refractivity contribution in [2.24, 2.45) is 0 Å². The lowest BCUT2D eigenvalue weighted by Gasteiger charge is -2.22. The van der Waals surface area contributed by atoms with E-state index in [0.29, 0.717) is 11.2 Å². The summed E-state index contributed by atoms with van der Waals surface area (Å²) in [7, 11) is 4.08. The van der Waals surface area contributed by atoms with Crippen LogP contribution in [-0.4, -0.2) is 37.3 Å². The fraction of sp³-hybridized carbons (Fsp3) is 0.500. The predicted molar refractivity (Wildman–Crippen MR) is 70.5 cm³/mol. The standard InChI is InChI=1S/C11H16ClN3.CH2O/c1-13-9-6-11(12)14-7-8(9)10-4-3-5-15(10)2;1-2/h6-7,10H,3-5H2,1-2H3,(H,13,14);1H2. The number of aromatic nitrogens is 1. The normalized spacial score (nSPS) is 19.6. The Morgan fingerprint density at radius 3 is 2.82 bits per heavy atom. The molecule has 1 aromatic heterocycles. The van der Waals surface area contributed by atoms with E-state index in [1.54, 1.807) is 0 Å². The lowest BCUT2D eigenvalue weighted by molar-refractivity contribution is -0.0979. The summed E-state index contributed by atoms with van der Waals surface area (Å²) in [6.45, 7) is 3.16. The number of carbonyl (C=O) groups is 1. The first-order valence-corrected chi connectivity index (χ1v) is 5.92. The van der Waals surface area contributed by atoms with Crippen LogP contribution in [0.2, 0.25) is 5.15 Å². The Balaban J connectivity index is 0.000000686. The van der Waals surface area contributed by atoms with Gasteiger partial charge in [-0.3, -0.25) is 4.90 Å². The molecule has 4 nitrogen and oxygen atoms in total.